The molecule has 4 rings (SSSR count). The summed E-state index contributed by atoms with van der Waals surface area (Å²) in [6, 6.07) is 16.4. The lowest BCUT2D eigenvalue weighted by Crippen LogP contribution is -2.27. The van der Waals surface area contributed by atoms with E-state index in [2.05, 4.69) is 15.7 Å². The average Bonchev–Trinajstić information content (AvgIpc) is 3.35. The van der Waals surface area contributed by atoms with Crippen molar-refractivity contribution in [3.63, 3.8) is 0 Å². The van der Waals surface area contributed by atoms with Gasteiger partial charge in [0.1, 0.15) is 0 Å². The standard InChI is InChI=1S/C20H19N5O3/c1-28-17-13-25(16-5-3-2-4-6-16)23-18(17)19(26)22-14-7-9-15(10-8-14)24-12-11-21-20(24)27/h2-10,13H,11-12H2,1H3,(H,21,27)(H,22,26). The van der Waals surface area contributed by atoms with Crippen molar-refractivity contribution >= 4 is 23.3 Å². The fourth-order valence-electron chi connectivity index (χ4n) is 3.01. The summed E-state index contributed by atoms with van der Waals surface area (Å²) in [5.74, 6) is 0.00454. The molecule has 1 aromatic heterocycles. The van der Waals surface area contributed by atoms with E-state index in [4.69, 9.17) is 4.74 Å². The van der Waals surface area contributed by atoms with E-state index < -0.39 is 0 Å². The van der Waals surface area contributed by atoms with Crippen molar-refractivity contribution in [2.75, 3.05) is 30.4 Å². The van der Waals surface area contributed by atoms with E-state index in [1.807, 2.05) is 30.3 Å². The normalized spacial score (nSPS) is 13.3. The van der Waals surface area contributed by atoms with Crippen LogP contribution in [0.4, 0.5) is 16.2 Å². The first-order valence-corrected chi connectivity index (χ1v) is 8.81. The Hall–Kier alpha value is -3.81. The minimum atomic E-state index is -0.377. The van der Waals surface area contributed by atoms with Gasteiger partial charge in [-0.05, 0) is 36.4 Å². The van der Waals surface area contributed by atoms with Crippen molar-refractivity contribution in [3.8, 4) is 11.4 Å². The van der Waals surface area contributed by atoms with E-state index in [9.17, 15) is 9.59 Å². The quantitative estimate of drug-likeness (QED) is 0.715. The minimum absolute atomic E-state index is 0.118. The van der Waals surface area contributed by atoms with Gasteiger partial charge in [-0.25, -0.2) is 9.48 Å². The maximum atomic E-state index is 12.7. The largest absolute Gasteiger partial charge is 0.493 e. The highest BCUT2D eigenvalue weighted by atomic mass is 16.5. The molecule has 1 saturated heterocycles. The van der Waals surface area contributed by atoms with Crippen LogP contribution in [0.5, 0.6) is 5.75 Å². The Bertz CT molecular complexity index is 998. The summed E-state index contributed by atoms with van der Waals surface area (Å²) >= 11 is 0. The van der Waals surface area contributed by atoms with Crippen molar-refractivity contribution in [2.24, 2.45) is 0 Å². The van der Waals surface area contributed by atoms with Gasteiger partial charge < -0.3 is 15.4 Å². The lowest BCUT2D eigenvalue weighted by atomic mass is 10.2. The highest BCUT2D eigenvalue weighted by Gasteiger charge is 2.21. The molecule has 0 radical (unpaired) electrons. The fourth-order valence-corrected chi connectivity index (χ4v) is 3.01. The number of methoxy groups -OCH3 is 1. The molecule has 0 bridgehead atoms. The van der Waals surface area contributed by atoms with Crippen LogP contribution in [0.3, 0.4) is 0 Å². The number of rotatable bonds is 5. The number of carbonyl (C=O) groups excluding carboxylic acids is 2. The third kappa shape index (κ3) is 3.39. The van der Waals surface area contributed by atoms with Crippen LogP contribution >= 0.6 is 0 Å². The molecule has 0 atom stereocenters. The van der Waals surface area contributed by atoms with E-state index in [-0.39, 0.29) is 17.6 Å². The lowest BCUT2D eigenvalue weighted by molar-refractivity contribution is 0.101. The van der Waals surface area contributed by atoms with Crippen LogP contribution in [0.15, 0.2) is 60.8 Å². The number of aromatic nitrogens is 2. The molecule has 2 N–H and O–H groups in total. The first-order chi connectivity index (χ1) is 13.7. The topological polar surface area (TPSA) is 88.5 Å². The predicted octanol–water partition coefficient (Wildman–Crippen LogP) is 2.66. The van der Waals surface area contributed by atoms with E-state index in [0.717, 1.165) is 11.4 Å². The number of ether oxygens (including phenoxy) is 1. The molecular weight excluding hydrogens is 358 g/mol. The summed E-state index contributed by atoms with van der Waals surface area (Å²) in [4.78, 5) is 26.1. The number of urea groups is 1. The number of hydrogen-bond acceptors (Lipinski definition) is 4. The third-order valence-corrected chi connectivity index (χ3v) is 4.43. The summed E-state index contributed by atoms with van der Waals surface area (Å²) in [5, 5.41) is 9.93. The van der Waals surface area contributed by atoms with Gasteiger partial charge in [-0.3, -0.25) is 9.69 Å². The Balaban J connectivity index is 1.52. The zero-order valence-electron chi connectivity index (χ0n) is 15.3. The Kier molecular flexibility index (Phi) is 4.67. The Labute approximate surface area is 161 Å². The summed E-state index contributed by atoms with van der Waals surface area (Å²) in [6.07, 6.45) is 1.67. The molecule has 0 saturated carbocycles. The molecule has 0 aliphatic carbocycles. The number of anilines is 2. The predicted molar refractivity (Wildman–Crippen MR) is 105 cm³/mol. The van der Waals surface area contributed by atoms with Gasteiger partial charge in [0.15, 0.2) is 11.4 Å². The monoisotopic (exact) mass is 377 g/mol. The maximum Gasteiger partial charge on any atom is 0.321 e. The van der Waals surface area contributed by atoms with Crippen LogP contribution in [-0.2, 0) is 0 Å². The molecular formula is C20H19N5O3. The highest BCUT2D eigenvalue weighted by Crippen LogP contribution is 2.23. The molecule has 3 aromatic rings. The highest BCUT2D eigenvalue weighted by molar-refractivity contribution is 6.05. The van der Waals surface area contributed by atoms with Gasteiger partial charge in [-0.15, -0.1) is 0 Å². The van der Waals surface area contributed by atoms with E-state index >= 15 is 0 Å². The number of amides is 3. The second kappa shape index (κ2) is 7.43. The third-order valence-electron chi connectivity index (χ3n) is 4.43. The zero-order chi connectivity index (χ0) is 19.5. The number of hydrogen-bond donors (Lipinski definition) is 2. The van der Waals surface area contributed by atoms with E-state index in [1.165, 1.54) is 7.11 Å². The van der Waals surface area contributed by atoms with Crippen molar-refractivity contribution in [2.45, 2.75) is 0 Å². The van der Waals surface area contributed by atoms with Gasteiger partial charge in [0.05, 0.1) is 19.0 Å². The Morgan fingerprint density at radius 1 is 1.11 bits per heavy atom. The SMILES string of the molecule is COc1cn(-c2ccccc2)nc1C(=O)Nc1ccc(N2CCNC2=O)cc1. The van der Waals surface area contributed by atoms with Crippen LogP contribution in [0, 0.1) is 0 Å². The molecule has 8 nitrogen and oxygen atoms in total. The van der Waals surface area contributed by atoms with Gasteiger partial charge in [0, 0.05) is 24.5 Å². The minimum Gasteiger partial charge on any atom is -0.493 e. The molecule has 28 heavy (non-hydrogen) atoms. The fraction of sp³-hybridized carbons (Fsp3) is 0.150. The van der Waals surface area contributed by atoms with Crippen molar-refractivity contribution < 1.29 is 14.3 Å². The maximum absolute atomic E-state index is 12.7. The molecule has 1 aliphatic rings. The van der Waals surface area contributed by atoms with Gasteiger partial charge in [-0.2, -0.15) is 5.10 Å². The number of nitrogens with zero attached hydrogens (tertiary/aromatic N) is 3. The molecule has 142 valence electrons. The molecule has 2 heterocycles. The first-order valence-electron chi connectivity index (χ1n) is 8.81. The van der Waals surface area contributed by atoms with Crippen molar-refractivity contribution in [1.29, 1.82) is 0 Å². The van der Waals surface area contributed by atoms with Gasteiger partial charge in [0.25, 0.3) is 5.91 Å². The zero-order valence-corrected chi connectivity index (χ0v) is 15.3. The lowest BCUT2D eigenvalue weighted by Gasteiger charge is -2.14. The molecule has 0 unspecified atom stereocenters. The molecule has 2 aromatic carbocycles. The Morgan fingerprint density at radius 3 is 2.50 bits per heavy atom. The summed E-state index contributed by atoms with van der Waals surface area (Å²) in [6.45, 7) is 1.25. The van der Waals surface area contributed by atoms with Crippen LogP contribution in [0.1, 0.15) is 10.5 Å². The smallest absolute Gasteiger partial charge is 0.321 e. The molecule has 1 aliphatic heterocycles. The van der Waals surface area contributed by atoms with Gasteiger partial charge >= 0.3 is 6.03 Å². The number of benzene rings is 2. The van der Waals surface area contributed by atoms with E-state index in [1.54, 1.807) is 40.0 Å². The second-order valence-corrected chi connectivity index (χ2v) is 6.21. The van der Waals surface area contributed by atoms with Gasteiger partial charge in [0.2, 0.25) is 0 Å². The van der Waals surface area contributed by atoms with Gasteiger partial charge in [-0.1, -0.05) is 18.2 Å². The van der Waals surface area contributed by atoms with Crippen molar-refractivity contribution in [1.82, 2.24) is 15.1 Å². The van der Waals surface area contributed by atoms with Crippen LogP contribution in [0.25, 0.3) is 5.69 Å². The van der Waals surface area contributed by atoms with Crippen LogP contribution in [-0.4, -0.2) is 41.9 Å². The van der Waals surface area contributed by atoms with E-state index in [0.29, 0.717) is 24.5 Å². The second-order valence-electron chi connectivity index (χ2n) is 6.21. The van der Waals surface area contributed by atoms with Crippen LogP contribution in [0.2, 0.25) is 0 Å². The Morgan fingerprint density at radius 2 is 1.86 bits per heavy atom. The average molecular weight is 377 g/mol. The first kappa shape index (κ1) is 17.6. The number of nitrogens with one attached hydrogen (secondary N) is 2. The number of para-hydroxylation sites is 1. The molecule has 1 fully saturated rings. The molecule has 0 spiro atoms. The van der Waals surface area contributed by atoms with Crippen LogP contribution < -0.4 is 20.3 Å². The molecule has 3 amide bonds. The summed E-state index contributed by atoms with van der Waals surface area (Å²) in [7, 11) is 1.50. The van der Waals surface area contributed by atoms with Crippen molar-refractivity contribution in [3.05, 3.63) is 66.5 Å². The number of carbonyl (C=O) groups is 2. The summed E-state index contributed by atoms with van der Waals surface area (Å²) < 4.78 is 6.91. The summed E-state index contributed by atoms with van der Waals surface area (Å²) in [5.41, 5.74) is 2.39. The molecule has 8 heteroatoms.